The normalized spacial score (nSPS) is 26.7. The first-order valence-electron chi connectivity index (χ1n) is 7.53. The summed E-state index contributed by atoms with van der Waals surface area (Å²) in [6.07, 6.45) is -0.0143. The Morgan fingerprint density at radius 2 is 2.09 bits per heavy atom. The zero-order valence-electron chi connectivity index (χ0n) is 13.3. The molecule has 0 amide bonds. The van der Waals surface area contributed by atoms with Crippen molar-refractivity contribution in [1.29, 1.82) is 0 Å². The topological polar surface area (TPSA) is 76.0 Å². The maximum atomic E-state index is 11.9. The van der Waals surface area contributed by atoms with Gasteiger partial charge in [0.1, 0.15) is 12.7 Å². The summed E-state index contributed by atoms with van der Waals surface area (Å²) in [7, 11) is 0. The summed E-state index contributed by atoms with van der Waals surface area (Å²) in [5.41, 5.74) is -1.33. The van der Waals surface area contributed by atoms with Gasteiger partial charge in [0.2, 0.25) is 0 Å². The minimum absolute atomic E-state index is 0.136. The van der Waals surface area contributed by atoms with Crippen molar-refractivity contribution in [2.45, 2.75) is 57.0 Å². The number of benzene rings is 1. The molecule has 1 aliphatic heterocycles. The summed E-state index contributed by atoms with van der Waals surface area (Å²) >= 11 is 0. The molecule has 0 saturated carbocycles. The van der Waals surface area contributed by atoms with Crippen molar-refractivity contribution in [3.63, 3.8) is 0 Å². The van der Waals surface area contributed by atoms with Crippen LogP contribution in [0.1, 0.15) is 44.0 Å². The van der Waals surface area contributed by atoms with Gasteiger partial charge in [0.25, 0.3) is 0 Å². The minimum atomic E-state index is -0.960. The van der Waals surface area contributed by atoms with Gasteiger partial charge in [-0.15, -0.1) is 0 Å². The molecule has 5 heteroatoms. The number of hydrogen-bond donors (Lipinski definition) is 2. The zero-order chi connectivity index (χ0) is 16.4. The summed E-state index contributed by atoms with van der Waals surface area (Å²) < 4.78 is 11.0. The molecule has 2 rings (SSSR count). The summed E-state index contributed by atoms with van der Waals surface area (Å²) in [5, 5.41) is 20.3. The van der Waals surface area contributed by atoms with E-state index in [4.69, 9.17) is 9.47 Å². The Balaban J connectivity index is 1.90. The van der Waals surface area contributed by atoms with Crippen molar-refractivity contribution in [3.05, 3.63) is 35.9 Å². The number of aliphatic hydroxyl groups is 2. The second-order valence-electron chi connectivity index (χ2n) is 6.59. The van der Waals surface area contributed by atoms with Gasteiger partial charge in [-0.05, 0) is 45.7 Å². The van der Waals surface area contributed by atoms with Crippen molar-refractivity contribution < 1.29 is 24.5 Å². The largest absolute Gasteiger partial charge is 0.459 e. The third-order valence-electron chi connectivity index (χ3n) is 4.19. The van der Waals surface area contributed by atoms with E-state index in [0.717, 1.165) is 0 Å². The van der Waals surface area contributed by atoms with Gasteiger partial charge in [-0.25, -0.2) is 4.79 Å². The fraction of sp³-hybridized carbons (Fsp3) is 0.588. The van der Waals surface area contributed by atoms with Crippen LogP contribution in [0.15, 0.2) is 30.3 Å². The molecule has 5 nitrogen and oxygen atoms in total. The van der Waals surface area contributed by atoms with Gasteiger partial charge in [-0.3, -0.25) is 0 Å². The molecule has 0 unspecified atom stereocenters. The molecule has 122 valence electrons. The number of aliphatic hydroxyl groups excluding tert-OH is 1. The maximum Gasteiger partial charge on any atom is 0.338 e. The minimum Gasteiger partial charge on any atom is -0.459 e. The van der Waals surface area contributed by atoms with Gasteiger partial charge in [-0.2, -0.15) is 0 Å². The highest BCUT2D eigenvalue weighted by Gasteiger charge is 2.46. The Morgan fingerprint density at radius 3 is 2.64 bits per heavy atom. The highest BCUT2D eigenvalue weighted by atomic mass is 16.6. The first-order chi connectivity index (χ1) is 10.2. The van der Waals surface area contributed by atoms with Gasteiger partial charge in [0.05, 0.1) is 22.9 Å². The van der Waals surface area contributed by atoms with Crippen molar-refractivity contribution in [2.75, 3.05) is 6.61 Å². The Hall–Kier alpha value is -1.43. The van der Waals surface area contributed by atoms with Crippen molar-refractivity contribution >= 4 is 5.97 Å². The van der Waals surface area contributed by atoms with E-state index in [1.165, 1.54) is 0 Å². The summed E-state index contributed by atoms with van der Waals surface area (Å²) in [4.78, 5) is 11.9. The Labute approximate surface area is 130 Å². The first kappa shape index (κ1) is 16.9. The van der Waals surface area contributed by atoms with Crippen molar-refractivity contribution in [1.82, 2.24) is 0 Å². The quantitative estimate of drug-likeness (QED) is 0.813. The van der Waals surface area contributed by atoms with Crippen LogP contribution in [0.2, 0.25) is 0 Å². The zero-order valence-corrected chi connectivity index (χ0v) is 13.3. The molecule has 0 aromatic heterocycles. The van der Waals surface area contributed by atoms with Gasteiger partial charge < -0.3 is 19.7 Å². The van der Waals surface area contributed by atoms with E-state index in [1.54, 1.807) is 45.0 Å². The van der Waals surface area contributed by atoms with Crippen LogP contribution < -0.4 is 0 Å². The average molecular weight is 308 g/mol. The molecule has 0 aliphatic carbocycles. The molecule has 0 radical (unpaired) electrons. The van der Waals surface area contributed by atoms with E-state index in [-0.39, 0.29) is 12.7 Å². The lowest BCUT2D eigenvalue weighted by Crippen LogP contribution is -2.45. The highest BCUT2D eigenvalue weighted by molar-refractivity contribution is 5.89. The number of ether oxygens (including phenoxy) is 2. The monoisotopic (exact) mass is 308 g/mol. The van der Waals surface area contributed by atoms with Gasteiger partial charge in [0.15, 0.2) is 0 Å². The molecule has 22 heavy (non-hydrogen) atoms. The van der Waals surface area contributed by atoms with Crippen LogP contribution in [0.25, 0.3) is 0 Å². The maximum absolute atomic E-state index is 11.9. The predicted molar refractivity (Wildman–Crippen MR) is 81.5 cm³/mol. The molecule has 1 fully saturated rings. The molecule has 2 N–H and O–H groups in total. The lowest BCUT2D eigenvalue weighted by atomic mass is 9.94. The average Bonchev–Trinajstić information content (AvgIpc) is 2.89. The van der Waals surface area contributed by atoms with Gasteiger partial charge >= 0.3 is 5.97 Å². The first-order valence-corrected chi connectivity index (χ1v) is 7.53. The van der Waals surface area contributed by atoms with Gasteiger partial charge in [-0.1, -0.05) is 18.2 Å². The molecule has 1 aliphatic rings. The number of carbonyl (C=O) groups excluding carboxylic acids is 1. The number of rotatable bonds is 5. The van der Waals surface area contributed by atoms with E-state index in [2.05, 4.69) is 0 Å². The molecular weight excluding hydrogens is 284 g/mol. The molecule has 1 aromatic carbocycles. The van der Waals surface area contributed by atoms with Crippen LogP contribution >= 0.6 is 0 Å². The fourth-order valence-electron chi connectivity index (χ4n) is 2.59. The third-order valence-corrected chi connectivity index (χ3v) is 4.19. The fourth-order valence-corrected chi connectivity index (χ4v) is 2.59. The van der Waals surface area contributed by atoms with E-state index < -0.39 is 23.3 Å². The number of carbonyl (C=O) groups is 1. The van der Waals surface area contributed by atoms with Crippen LogP contribution in [0.3, 0.4) is 0 Å². The highest BCUT2D eigenvalue weighted by Crippen LogP contribution is 2.37. The predicted octanol–water partition coefficient (Wildman–Crippen LogP) is 1.91. The number of esters is 1. The molecule has 1 saturated heterocycles. The molecule has 3 atom stereocenters. The van der Waals surface area contributed by atoms with Crippen LogP contribution in [0, 0.1) is 0 Å². The van der Waals surface area contributed by atoms with Crippen LogP contribution in [-0.4, -0.2) is 46.2 Å². The van der Waals surface area contributed by atoms with Crippen molar-refractivity contribution in [3.8, 4) is 0 Å². The van der Waals surface area contributed by atoms with E-state index in [1.807, 2.05) is 6.07 Å². The lowest BCUT2D eigenvalue weighted by Gasteiger charge is -2.33. The number of hydrogen-bond acceptors (Lipinski definition) is 5. The van der Waals surface area contributed by atoms with Crippen LogP contribution in [0.4, 0.5) is 0 Å². The second-order valence-corrected chi connectivity index (χ2v) is 6.59. The van der Waals surface area contributed by atoms with E-state index >= 15 is 0 Å². The van der Waals surface area contributed by atoms with Crippen LogP contribution in [0.5, 0.6) is 0 Å². The Kier molecular flexibility index (Phi) is 4.90. The standard InChI is InChI=1S/C17H24O5/c1-16(2,20)14-9-10-17(3,22-14)13(18)11-21-15(19)12-7-5-4-6-8-12/h4-8,13-14,18,20H,9-11H2,1-3H3/t13-,14-,17+/m0/s1. The SMILES string of the molecule is CC(C)(O)[C@@H]1CC[C@](C)([C@@H](O)COC(=O)c2ccccc2)O1. The summed E-state index contributed by atoms with van der Waals surface area (Å²) in [6.45, 7) is 5.01. The van der Waals surface area contributed by atoms with E-state index in [0.29, 0.717) is 18.4 Å². The van der Waals surface area contributed by atoms with Gasteiger partial charge in [0, 0.05) is 0 Å². The molecular formula is C17H24O5. The summed E-state index contributed by atoms with van der Waals surface area (Å²) in [5.74, 6) is -0.472. The Morgan fingerprint density at radius 1 is 1.45 bits per heavy atom. The molecule has 0 spiro atoms. The van der Waals surface area contributed by atoms with Crippen molar-refractivity contribution in [2.24, 2.45) is 0 Å². The van der Waals surface area contributed by atoms with E-state index in [9.17, 15) is 15.0 Å². The third kappa shape index (κ3) is 3.85. The lowest BCUT2D eigenvalue weighted by molar-refractivity contribution is -0.160. The molecule has 1 heterocycles. The Bertz CT molecular complexity index is 508. The second kappa shape index (κ2) is 6.36. The summed E-state index contributed by atoms with van der Waals surface area (Å²) in [6, 6.07) is 8.64. The molecule has 1 aromatic rings. The molecule has 0 bridgehead atoms. The van der Waals surface area contributed by atoms with Crippen LogP contribution in [-0.2, 0) is 9.47 Å². The smallest absolute Gasteiger partial charge is 0.338 e.